The van der Waals surface area contributed by atoms with Crippen molar-refractivity contribution in [2.45, 2.75) is 46.3 Å². The summed E-state index contributed by atoms with van der Waals surface area (Å²) in [5.74, 6) is 1.39. The molecule has 2 aromatic heterocycles. The second-order valence-corrected chi connectivity index (χ2v) is 6.17. The van der Waals surface area contributed by atoms with Gasteiger partial charge in [0.15, 0.2) is 11.6 Å². The number of carbonyl (C=O) groups excluding carboxylic acids is 1. The largest absolute Gasteiger partial charge is 0.444 e. The molecule has 0 aromatic carbocycles. The van der Waals surface area contributed by atoms with Crippen molar-refractivity contribution in [3.8, 4) is 11.9 Å². The van der Waals surface area contributed by atoms with Crippen LogP contribution in [0.3, 0.4) is 0 Å². The van der Waals surface area contributed by atoms with Gasteiger partial charge in [-0.1, -0.05) is 0 Å². The van der Waals surface area contributed by atoms with Crippen molar-refractivity contribution >= 4 is 6.09 Å². The second-order valence-electron chi connectivity index (χ2n) is 6.17. The molecule has 0 bridgehead atoms. The number of hydrogen-bond acceptors (Lipinski definition) is 7. The first-order chi connectivity index (χ1) is 11.2. The lowest BCUT2D eigenvalue weighted by molar-refractivity contribution is 0.0505. The fourth-order valence-electron chi connectivity index (χ4n) is 1.95. The molecular weight excluding hydrogens is 310 g/mol. The minimum atomic E-state index is -0.595. The van der Waals surface area contributed by atoms with Crippen molar-refractivity contribution in [2.24, 2.45) is 0 Å². The van der Waals surface area contributed by atoms with E-state index in [1.807, 2.05) is 6.07 Å². The van der Waals surface area contributed by atoms with Crippen LogP contribution in [0.4, 0.5) is 4.79 Å². The quantitative estimate of drug-likeness (QED) is 0.912. The third-order valence-electron chi connectivity index (χ3n) is 2.84. The molecule has 0 aliphatic carbocycles. The molecule has 0 saturated carbocycles. The van der Waals surface area contributed by atoms with Crippen molar-refractivity contribution < 1.29 is 9.53 Å². The van der Waals surface area contributed by atoms with Crippen LogP contribution in [0.2, 0.25) is 0 Å². The van der Waals surface area contributed by atoms with Crippen molar-refractivity contribution in [3.05, 3.63) is 29.7 Å². The minimum Gasteiger partial charge on any atom is -0.444 e. The molecule has 0 aliphatic heterocycles. The molecule has 2 aromatic rings. The standard InChI is InChI=1S/C15H19N7O2/c1-9(19-14(23)24-15(3,4)5)13-20-10(2)21-22(13)12-6-11(7-16)17-8-18-12/h6,8-9H,1-5H3,(H,19,23). The fraction of sp³-hybridized carbons (Fsp3) is 0.467. The number of alkyl carbamates (subject to hydrolysis) is 1. The molecule has 0 saturated heterocycles. The molecule has 0 radical (unpaired) electrons. The number of amides is 1. The van der Waals surface area contributed by atoms with Gasteiger partial charge in [-0.05, 0) is 34.6 Å². The first-order valence-corrected chi connectivity index (χ1v) is 7.35. The molecule has 1 N–H and O–H groups in total. The van der Waals surface area contributed by atoms with Crippen LogP contribution in [-0.4, -0.2) is 36.4 Å². The molecule has 1 unspecified atom stereocenters. The van der Waals surface area contributed by atoms with Gasteiger partial charge in [0.25, 0.3) is 0 Å². The number of nitrogens with one attached hydrogen (secondary N) is 1. The Morgan fingerprint density at radius 2 is 2.12 bits per heavy atom. The summed E-state index contributed by atoms with van der Waals surface area (Å²) in [7, 11) is 0. The van der Waals surface area contributed by atoms with E-state index >= 15 is 0 Å². The van der Waals surface area contributed by atoms with E-state index in [-0.39, 0.29) is 5.69 Å². The summed E-state index contributed by atoms with van der Waals surface area (Å²) in [4.78, 5) is 24.2. The molecule has 1 atom stereocenters. The SMILES string of the molecule is Cc1nc(C(C)NC(=O)OC(C)(C)C)n(-c2cc(C#N)ncn2)n1. The van der Waals surface area contributed by atoms with Crippen molar-refractivity contribution in [3.63, 3.8) is 0 Å². The van der Waals surface area contributed by atoms with Gasteiger partial charge in [-0.25, -0.2) is 19.7 Å². The lowest BCUT2D eigenvalue weighted by Crippen LogP contribution is -2.35. The van der Waals surface area contributed by atoms with E-state index in [0.29, 0.717) is 17.5 Å². The van der Waals surface area contributed by atoms with Gasteiger partial charge in [-0.15, -0.1) is 5.10 Å². The molecule has 9 nitrogen and oxygen atoms in total. The Morgan fingerprint density at radius 1 is 1.42 bits per heavy atom. The predicted molar refractivity (Wildman–Crippen MR) is 84.2 cm³/mol. The van der Waals surface area contributed by atoms with Gasteiger partial charge in [0, 0.05) is 6.07 Å². The van der Waals surface area contributed by atoms with Crippen LogP contribution >= 0.6 is 0 Å². The van der Waals surface area contributed by atoms with Crippen LogP contribution in [0.15, 0.2) is 12.4 Å². The van der Waals surface area contributed by atoms with E-state index in [2.05, 4.69) is 25.4 Å². The fourth-order valence-corrected chi connectivity index (χ4v) is 1.95. The lowest BCUT2D eigenvalue weighted by atomic mass is 10.2. The van der Waals surface area contributed by atoms with Crippen LogP contribution in [0.25, 0.3) is 5.82 Å². The predicted octanol–water partition coefficient (Wildman–Crippen LogP) is 1.82. The summed E-state index contributed by atoms with van der Waals surface area (Å²) in [5, 5.41) is 15.9. The normalized spacial score (nSPS) is 12.3. The number of ether oxygens (including phenoxy) is 1. The second kappa shape index (κ2) is 6.62. The molecule has 9 heteroatoms. The molecule has 2 heterocycles. The summed E-state index contributed by atoms with van der Waals surface area (Å²) in [5.41, 5.74) is -0.381. The maximum absolute atomic E-state index is 11.9. The summed E-state index contributed by atoms with van der Waals surface area (Å²) >= 11 is 0. The van der Waals surface area contributed by atoms with Crippen LogP contribution in [0.5, 0.6) is 0 Å². The number of rotatable bonds is 3. The summed E-state index contributed by atoms with van der Waals surface area (Å²) < 4.78 is 6.71. The molecular formula is C15H19N7O2. The zero-order valence-corrected chi connectivity index (χ0v) is 14.2. The third kappa shape index (κ3) is 4.25. The number of carbonyl (C=O) groups is 1. The average Bonchev–Trinajstić information content (AvgIpc) is 2.87. The van der Waals surface area contributed by atoms with Crippen molar-refractivity contribution in [1.29, 1.82) is 5.26 Å². The number of nitriles is 1. The summed E-state index contributed by atoms with van der Waals surface area (Å²) in [6.07, 6.45) is 0.725. The Balaban J connectivity index is 2.28. The van der Waals surface area contributed by atoms with Crippen LogP contribution in [0.1, 0.15) is 51.1 Å². The van der Waals surface area contributed by atoms with Gasteiger partial charge in [0.05, 0.1) is 6.04 Å². The van der Waals surface area contributed by atoms with Gasteiger partial charge in [-0.3, -0.25) is 0 Å². The smallest absolute Gasteiger partial charge is 0.408 e. The Labute approximate surface area is 139 Å². The maximum atomic E-state index is 11.9. The highest BCUT2D eigenvalue weighted by molar-refractivity contribution is 5.68. The van der Waals surface area contributed by atoms with E-state index < -0.39 is 17.7 Å². The van der Waals surface area contributed by atoms with E-state index in [1.165, 1.54) is 17.1 Å². The van der Waals surface area contributed by atoms with E-state index in [4.69, 9.17) is 10.00 Å². The van der Waals surface area contributed by atoms with E-state index in [1.54, 1.807) is 34.6 Å². The van der Waals surface area contributed by atoms with Crippen molar-refractivity contribution in [1.82, 2.24) is 30.0 Å². The number of aryl methyl sites for hydroxylation is 1. The molecule has 1 amide bonds. The number of aromatic nitrogens is 5. The lowest BCUT2D eigenvalue weighted by Gasteiger charge is -2.21. The van der Waals surface area contributed by atoms with Crippen molar-refractivity contribution in [2.75, 3.05) is 0 Å². The van der Waals surface area contributed by atoms with Gasteiger partial charge >= 0.3 is 6.09 Å². The molecule has 0 aliphatic rings. The highest BCUT2D eigenvalue weighted by Gasteiger charge is 2.22. The molecule has 0 fully saturated rings. The third-order valence-corrected chi connectivity index (χ3v) is 2.84. The maximum Gasteiger partial charge on any atom is 0.408 e. The van der Waals surface area contributed by atoms with Gasteiger partial charge in [0.2, 0.25) is 0 Å². The summed E-state index contributed by atoms with van der Waals surface area (Å²) in [6.45, 7) is 8.85. The monoisotopic (exact) mass is 329 g/mol. The van der Waals surface area contributed by atoms with Gasteiger partial charge in [0.1, 0.15) is 29.5 Å². The van der Waals surface area contributed by atoms with Crippen LogP contribution in [0, 0.1) is 18.3 Å². The van der Waals surface area contributed by atoms with Crippen LogP contribution < -0.4 is 5.32 Å². The molecule has 2 rings (SSSR count). The first kappa shape index (κ1) is 17.3. The Kier molecular flexibility index (Phi) is 4.78. The Hall–Kier alpha value is -3.02. The highest BCUT2D eigenvalue weighted by Crippen LogP contribution is 2.16. The zero-order valence-electron chi connectivity index (χ0n) is 14.2. The molecule has 126 valence electrons. The zero-order chi connectivity index (χ0) is 17.9. The van der Waals surface area contributed by atoms with E-state index in [9.17, 15) is 4.79 Å². The van der Waals surface area contributed by atoms with Gasteiger partial charge < -0.3 is 10.1 Å². The van der Waals surface area contributed by atoms with E-state index in [0.717, 1.165) is 0 Å². The first-order valence-electron chi connectivity index (χ1n) is 7.35. The topological polar surface area (TPSA) is 119 Å². The van der Waals surface area contributed by atoms with Gasteiger partial charge in [-0.2, -0.15) is 9.94 Å². The molecule has 0 spiro atoms. The highest BCUT2D eigenvalue weighted by atomic mass is 16.6. The van der Waals surface area contributed by atoms with Crippen LogP contribution in [-0.2, 0) is 4.74 Å². The number of nitrogens with zero attached hydrogens (tertiary/aromatic N) is 6. The Bertz CT molecular complexity index is 786. The number of hydrogen-bond donors (Lipinski definition) is 1. The Morgan fingerprint density at radius 3 is 2.75 bits per heavy atom. The average molecular weight is 329 g/mol. The summed E-state index contributed by atoms with van der Waals surface area (Å²) in [6, 6.07) is 2.98. The minimum absolute atomic E-state index is 0.215. The molecule has 24 heavy (non-hydrogen) atoms.